The molecule has 0 bridgehead atoms. The molecule has 2 N–H and O–H groups in total. The van der Waals surface area contributed by atoms with Crippen LogP contribution < -0.4 is 10.1 Å². The Morgan fingerprint density at radius 1 is 1.50 bits per heavy atom. The lowest BCUT2D eigenvalue weighted by Crippen LogP contribution is -2.36. The molecule has 3 unspecified atom stereocenters. The summed E-state index contributed by atoms with van der Waals surface area (Å²) in [5, 5.41) is 12.0. The summed E-state index contributed by atoms with van der Waals surface area (Å²) in [6, 6.07) is 7.96. The van der Waals surface area contributed by atoms with Gasteiger partial charge in [0.1, 0.15) is 5.75 Å². The van der Waals surface area contributed by atoms with Crippen LogP contribution >= 0.6 is 0 Å². The van der Waals surface area contributed by atoms with Crippen LogP contribution in [0.25, 0.3) is 0 Å². The molecule has 3 atom stereocenters. The highest BCUT2D eigenvalue weighted by Gasteiger charge is 2.45. The van der Waals surface area contributed by atoms with Gasteiger partial charge in [-0.3, -0.25) is 4.79 Å². The molecule has 1 aromatic rings. The fourth-order valence-electron chi connectivity index (χ4n) is 2.64. The molecule has 2 rings (SSSR count). The maximum Gasteiger partial charge on any atom is 0.223 e. The van der Waals surface area contributed by atoms with Gasteiger partial charge in [-0.05, 0) is 36.8 Å². The molecule has 1 saturated carbocycles. The van der Waals surface area contributed by atoms with Crippen LogP contribution in [-0.4, -0.2) is 30.8 Å². The van der Waals surface area contributed by atoms with Crippen LogP contribution in [-0.2, 0) is 4.79 Å². The number of carbonyl (C=O) groups excluding carboxylic acids is 1. The molecule has 1 fully saturated rings. The molecule has 1 amide bonds. The monoisotopic (exact) mass is 277 g/mol. The van der Waals surface area contributed by atoms with E-state index >= 15 is 0 Å². The van der Waals surface area contributed by atoms with Crippen LogP contribution in [0.15, 0.2) is 24.3 Å². The van der Waals surface area contributed by atoms with Gasteiger partial charge in [-0.1, -0.05) is 25.1 Å². The molecule has 0 aliphatic heterocycles. The van der Waals surface area contributed by atoms with E-state index in [0.717, 1.165) is 24.2 Å². The lowest BCUT2D eigenvalue weighted by molar-refractivity contribution is -0.123. The number of hydrogen-bond donors (Lipinski definition) is 2. The average molecular weight is 277 g/mol. The molecule has 4 heteroatoms. The topological polar surface area (TPSA) is 58.6 Å². The highest BCUT2D eigenvalue weighted by Crippen LogP contribution is 2.50. The maximum atomic E-state index is 12.2. The van der Waals surface area contributed by atoms with Crippen LogP contribution in [0.1, 0.15) is 37.7 Å². The number of rotatable bonds is 7. The van der Waals surface area contributed by atoms with Crippen molar-refractivity contribution in [1.82, 2.24) is 5.32 Å². The second kappa shape index (κ2) is 6.75. The molecule has 1 aliphatic rings. The van der Waals surface area contributed by atoms with Crippen molar-refractivity contribution in [3.8, 4) is 5.75 Å². The number of ether oxygens (including phenoxy) is 1. The number of hydrogen-bond acceptors (Lipinski definition) is 3. The predicted octanol–water partition coefficient (Wildman–Crippen LogP) is 2.08. The zero-order valence-electron chi connectivity index (χ0n) is 12.1. The molecule has 4 nitrogen and oxygen atoms in total. The van der Waals surface area contributed by atoms with Crippen LogP contribution in [0.5, 0.6) is 5.75 Å². The highest BCUT2D eigenvalue weighted by molar-refractivity contribution is 5.83. The Balaban J connectivity index is 1.95. The lowest BCUT2D eigenvalue weighted by Gasteiger charge is -2.15. The number of aliphatic hydroxyl groups is 1. The number of amides is 1. The SMILES string of the molecule is CCC(CCO)NC(=O)C1CC1c1ccccc1OC. The van der Waals surface area contributed by atoms with Crippen LogP contribution in [0.2, 0.25) is 0 Å². The molecule has 20 heavy (non-hydrogen) atoms. The van der Waals surface area contributed by atoms with E-state index in [-0.39, 0.29) is 30.4 Å². The van der Waals surface area contributed by atoms with E-state index in [9.17, 15) is 4.79 Å². The molecule has 1 aliphatic carbocycles. The zero-order chi connectivity index (χ0) is 14.5. The van der Waals surface area contributed by atoms with Crippen LogP contribution in [0, 0.1) is 5.92 Å². The Morgan fingerprint density at radius 2 is 2.25 bits per heavy atom. The van der Waals surface area contributed by atoms with Gasteiger partial charge in [0.15, 0.2) is 0 Å². The minimum atomic E-state index is 0.0408. The van der Waals surface area contributed by atoms with E-state index < -0.39 is 0 Å². The van der Waals surface area contributed by atoms with Gasteiger partial charge in [0, 0.05) is 18.6 Å². The highest BCUT2D eigenvalue weighted by atomic mass is 16.5. The summed E-state index contributed by atoms with van der Waals surface area (Å²) in [4.78, 5) is 12.2. The van der Waals surface area contributed by atoms with Crippen molar-refractivity contribution in [2.24, 2.45) is 5.92 Å². The number of para-hydroxylation sites is 1. The number of benzene rings is 1. The van der Waals surface area contributed by atoms with Gasteiger partial charge in [-0.2, -0.15) is 0 Å². The van der Waals surface area contributed by atoms with Gasteiger partial charge >= 0.3 is 0 Å². The van der Waals surface area contributed by atoms with Crippen LogP contribution in [0.3, 0.4) is 0 Å². The third-order valence-electron chi connectivity index (χ3n) is 3.98. The van der Waals surface area contributed by atoms with Crippen molar-refractivity contribution in [2.45, 2.75) is 38.1 Å². The molecular weight excluding hydrogens is 254 g/mol. The summed E-state index contributed by atoms with van der Waals surface area (Å²) in [5.74, 6) is 1.26. The van der Waals surface area contributed by atoms with Crippen molar-refractivity contribution in [3.63, 3.8) is 0 Å². The Morgan fingerprint density at radius 3 is 2.90 bits per heavy atom. The second-order valence-electron chi connectivity index (χ2n) is 5.32. The smallest absolute Gasteiger partial charge is 0.223 e. The first-order chi connectivity index (χ1) is 9.71. The summed E-state index contributed by atoms with van der Waals surface area (Å²) in [6.07, 6.45) is 2.34. The van der Waals surface area contributed by atoms with Gasteiger partial charge in [0.25, 0.3) is 0 Å². The summed E-state index contributed by atoms with van der Waals surface area (Å²) >= 11 is 0. The van der Waals surface area contributed by atoms with Crippen LogP contribution in [0.4, 0.5) is 0 Å². The molecular formula is C16H23NO3. The minimum absolute atomic E-state index is 0.0408. The Labute approximate surface area is 120 Å². The summed E-state index contributed by atoms with van der Waals surface area (Å²) in [7, 11) is 1.66. The molecule has 0 aromatic heterocycles. The van der Waals surface area contributed by atoms with E-state index in [2.05, 4.69) is 5.32 Å². The normalized spacial score (nSPS) is 22.1. The fourth-order valence-corrected chi connectivity index (χ4v) is 2.64. The minimum Gasteiger partial charge on any atom is -0.496 e. The second-order valence-corrected chi connectivity index (χ2v) is 5.32. The van der Waals surface area contributed by atoms with Gasteiger partial charge < -0.3 is 15.2 Å². The largest absolute Gasteiger partial charge is 0.496 e. The Hall–Kier alpha value is -1.55. The van der Waals surface area contributed by atoms with Gasteiger partial charge in [0.05, 0.1) is 7.11 Å². The van der Waals surface area contributed by atoms with E-state index in [1.165, 1.54) is 0 Å². The third-order valence-corrected chi connectivity index (χ3v) is 3.98. The molecule has 0 heterocycles. The molecule has 0 radical (unpaired) electrons. The molecule has 0 saturated heterocycles. The molecule has 1 aromatic carbocycles. The first kappa shape index (κ1) is 14.9. The van der Waals surface area contributed by atoms with Crippen molar-refractivity contribution in [3.05, 3.63) is 29.8 Å². The van der Waals surface area contributed by atoms with Gasteiger partial charge in [-0.25, -0.2) is 0 Å². The average Bonchev–Trinajstić information content (AvgIpc) is 3.27. The zero-order valence-corrected chi connectivity index (χ0v) is 12.1. The summed E-state index contributed by atoms with van der Waals surface area (Å²) in [6.45, 7) is 2.13. The van der Waals surface area contributed by atoms with E-state index in [4.69, 9.17) is 9.84 Å². The predicted molar refractivity (Wildman–Crippen MR) is 77.8 cm³/mol. The first-order valence-electron chi connectivity index (χ1n) is 7.25. The lowest BCUT2D eigenvalue weighted by atomic mass is 10.1. The van der Waals surface area contributed by atoms with Crippen molar-refractivity contribution >= 4 is 5.91 Å². The van der Waals surface area contributed by atoms with Gasteiger partial charge in [-0.15, -0.1) is 0 Å². The van der Waals surface area contributed by atoms with E-state index in [0.29, 0.717) is 6.42 Å². The van der Waals surface area contributed by atoms with E-state index in [1.54, 1.807) is 7.11 Å². The van der Waals surface area contributed by atoms with Crippen molar-refractivity contribution in [2.75, 3.05) is 13.7 Å². The molecule has 110 valence electrons. The number of methoxy groups -OCH3 is 1. The summed E-state index contributed by atoms with van der Waals surface area (Å²) in [5.41, 5.74) is 1.12. The number of aliphatic hydroxyl groups excluding tert-OH is 1. The first-order valence-corrected chi connectivity index (χ1v) is 7.25. The standard InChI is InChI=1S/C16H23NO3/c1-3-11(8-9-18)17-16(19)14-10-13(14)12-6-4-5-7-15(12)20-2/h4-7,11,13-14,18H,3,8-10H2,1-2H3,(H,17,19). The Bertz CT molecular complexity index is 461. The van der Waals surface area contributed by atoms with Gasteiger partial charge in [0.2, 0.25) is 5.91 Å². The maximum absolute atomic E-state index is 12.2. The fraction of sp³-hybridized carbons (Fsp3) is 0.562. The Kier molecular flexibility index (Phi) is 5.01. The third kappa shape index (κ3) is 3.31. The van der Waals surface area contributed by atoms with E-state index in [1.807, 2.05) is 31.2 Å². The molecule has 0 spiro atoms. The number of carbonyl (C=O) groups is 1. The quantitative estimate of drug-likeness (QED) is 0.802. The summed E-state index contributed by atoms with van der Waals surface area (Å²) < 4.78 is 5.35. The van der Waals surface area contributed by atoms with Crippen molar-refractivity contribution in [1.29, 1.82) is 0 Å². The number of nitrogens with one attached hydrogen (secondary N) is 1. The van der Waals surface area contributed by atoms with Crippen molar-refractivity contribution < 1.29 is 14.6 Å².